The second-order valence-corrected chi connectivity index (χ2v) is 4.81. The van der Waals surface area contributed by atoms with Gasteiger partial charge < -0.3 is 0 Å². The molecule has 0 saturated heterocycles. The van der Waals surface area contributed by atoms with Gasteiger partial charge in [0.15, 0.2) is 0 Å². The molecule has 12 heavy (non-hydrogen) atoms. The van der Waals surface area contributed by atoms with E-state index in [4.69, 9.17) is 10.7 Å². The van der Waals surface area contributed by atoms with Crippen molar-refractivity contribution < 1.29 is 4.84 Å². The first-order valence-corrected chi connectivity index (χ1v) is 5.07. The van der Waals surface area contributed by atoms with Crippen molar-refractivity contribution in [3.05, 3.63) is 0 Å². The highest BCUT2D eigenvalue weighted by Gasteiger charge is 2.53. The highest BCUT2D eigenvalue weighted by atomic mass is 16.6. The van der Waals surface area contributed by atoms with E-state index < -0.39 is 0 Å². The smallest absolute Gasteiger partial charge is 0.0947 e. The van der Waals surface area contributed by atoms with Crippen LogP contribution in [0.2, 0.25) is 0 Å². The fraction of sp³-hybridized carbons (Fsp3) is 1.00. The molecule has 3 atom stereocenters. The molecule has 0 aromatic rings. The van der Waals surface area contributed by atoms with Gasteiger partial charge in [0, 0.05) is 0 Å². The molecule has 2 N–H and O–H groups in total. The van der Waals surface area contributed by atoms with Gasteiger partial charge in [0.25, 0.3) is 0 Å². The minimum atomic E-state index is 0.0307. The number of fused-ring (bicyclic) bond motifs is 2. The molecule has 2 heteroatoms. The largest absolute Gasteiger partial charge is 0.297 e. The monoisotopic (exact) mass is 169 g/mol. The normalized spacial score (nSPS) is 46.0. The SMILES string of the molecule is CC(C)C1(ON)CC2CCC1C2. The maximum Gasteiger partial charge on any atom is 0.0947 e. The molecule has 2 bridgehead atoms. The molecular weight excluding hydrogens is 150 g/mol. The van der Waals surface area contributed by atoms with E-state index in [2.05, 4.69) is 13.8 Å². The fourth-order valence-electron chi connectivity index (χ4n) is 3.31. The van der Waals surface area contributed by atoms with Gasteiger partial charge in [0.05, 0.1) is 5.60 Å². The Morgan fingerprint density at radius 3 is 2.42 bits per heavy atom. The topological polar surface area (TPSA) is 35.2 Å². The molecule has 2 aliphatic rings. The first-order chi connectivity index (χ1) is 5.69. The van der Waals surface area contributed by atoms with Crippen LogP contribution in [0, 0.1) is 17.8 Å². The van der Waals surface area contributed by atoms with Crippen LogP contribution in [-0.4, -0.2) is 5.60 Å². The molecule has 2 nitrogen and oxygen atoms in total. The Morgan fingerprint density at radius 1 is 1.42 bits per heavy atom. The molecule has 0 aromatic heterocycles. The van der Waals surface area contributed by atoms with E-state index in [0.717, 1.165) is 11.8 Å². The van der Waals surface area contributed by atoms with Crippen LogP contribution < -0.4 is 5.90 Å². The molecule has 0 aromatic carbocycles. The summed E-state index contributed by atoms with van der Waals surface area (Å²) >= 11 is 0. The van der Waals surface area contributed by atoms with E-state index in [-0.39, 0.29) is 5.60 Å². The molecule has 2 saturated carbocycles. The molecule has 0 radical (unpaired) electrons. The molecular formula is C10H19NO. The van der Waals surface area contributed by atoms with E-state index in [0.29, 0.717) is 5.92 Å². The minimum Gasteiger partial charge on any atom is -0.297 e. The van der Waals surface area contributed by atoms with Crippen LogP contribution in [-0.2, 0) is 4.84 Å². The van der Waals surface area contributed by atoms with Crippen LogP contribution in [0.15, 0.2) is 0 Å². The van der Waals surface area contributed by atoms with Crippen molar-refractivity contribution in [1.29, 1.82) is 0 Å². The van der Waals surface area contributed by atoms with Gasteiger partial charge in [-0.15, -0.1) is 0 Å². The zero-order chi connectivity index (χ0) is 8.77. The van der Waals surface area contributed by atoms with Crippen LogP contribution in [0.25, 0.3) is 0 Å². The predicted octanol–water partition coefficient (Wildman–Crippen LogP) is 2.09. The van der Waals surface area contributed by atoms with Gasteiger partial charge in [-0.3, -0.25) is 4.84 Å². The fourth-order valence-corrected chi connectivity index (χ4v) is 3.31. The van der Waals surface area contributed by atoms with Crippen LogP contribution in [0.5, 0.6) is 0 Å². The average molecular weight is 169 g/mol. The predicted molar refractivity (Wildman–Crippen MR) is 48.3 cm³/mol. The van der Waals surface area contributed by atoms with E-state index in [1.54, 1.807) is 0 Å². The van der Waals surface area contributed by atoms with Crippen molar-refractivity contribution in [3.63, 3.8) is 0 Å². The third-order valence-corrected chi connectivity index (χ3v) is 4.04. The average Bonchev–Trinajstić information content (AvgIpc) is 2.62. The van der Waals surface area contributed by atoms with Gasteiger partial charge in [0.2, 0.25) is 0 Å². The maximum atomic E-state index is 5.46. The van der Waals surface area contributed by atoms with Gasteiger partial charge in [-0.25, -0.2) is 5.90 Å². The highest BCUT2D eigenvalue weighted by molar-refractivity contribution is 5.03. The summed E-state index contributed by atoms with van der Waals surface area (Å²) in [6, 6.07) is 0. The Balaban J connectivity index is 2.19. The molecule has 0 spiro atoms. The first-order valence-electron chi connectivity index (χ1n) is 5.07. The maximum absolute atomic E-state index is 5.46. The molecule has 2 rings (SSSR count). The van der Waals surface area contributed by atoms with Gasteiger partial charge in [0.1, 0.15) is 0 Å². The lowest BCUT2D eigenvalue weighted by molar-refractivity contribution is -0.117. The Labute approximate surface area is 74.4 Å². The van der Waals surface area contributed by atoms with E-state index in [9.17, 15) is 0 Å². The summed E-state index contributed by atoms with van der Waals surface area (Å²) in [4.78, 5) is 5.29. The van der Waals surface area contributed by atoms with Crippen molar-refractivity contribution in [1.82, 2.24) is 0 Å². The summed E-state index contributed by atoms with van der Waals surface area (Å²) in [6.07, 6.45) is 5.30. The van der Waals surface area contributed by atoms with Crippen LogP contribution >= 0.6 is 0 Å². The molecule has 2 fully saturated rings. The number of hydrogen-bond donors (Lipinski definition) is 1. The Morgan fingerprint density at radius 2 is 2.17 bits per heavy atom. The standard InChI is InChI=1S/C10H19NO/c1-7(2)10(12-11)6-8-3-4-9(10)5-8/h7-9H,3-6,11H2,1-2H3. The third kappa shape index (κ3) is 0.944. The van der Waals surface area contributed by atoms with Crippen LogP contribution in [0.4, 0.5) is 0 Å². The van der Waals surface area contributed by atoms with Crippen molar-refractivity contribution >= 4 is 0 Å². The van der Waals surface area contributed by atoms with Crippen molar-refractivity contribution in [2.45, 2.75) is 45.1 Å². The zero-order valence-electron chi connectivity index (χ0n) is 8.05. The van der Waals surface area contributed by atoms with E-state index in [1.165, 1.54) is 25.7 Å². The molecule has 0 aliphatic heterocycles. The molecule has 0 heterocycles. The van der Waals surface area contributed by atoms with Crippen LogP contribution in [0.1, 0.15) is 39.5 Å². The molecule has 2 aliphatic carbocycles. The Kier molecular flexibility index (Phi) is 1.92. The second kappa shape index (κ2) is 2.71. The lowest BCUT2D eigenvalue weighted by Crippen LogP contribution is -2.45. The minimum absolute atomic E-state index is 0.0307. The van der Waals surface area contributed by atoms with Gasteiger partial charge >= 0.3 is 0 Å². The quantitative estimate of drug-likeness (QED) is 0.642. The van der Waals surface area contributed by atoms with Crippen molar-refractivity contribution in [3.8, 4) is 0 Å². The molecule has 3 unspecified atom stereocenters. The summed E-state index contributed by atoms with van der Waals surface area (Å²) in [7, 11) is 0. The number of rotatable bonds is 2. The lowest BCUT2D eigenvalue weighted by atomic mass is 9.76. The van der Waals surface area contributed by atoms with Crippen LogP contribution in [0.3, 0.4) is 0 Å². The van der Waals surface area contributed by atoms with Crippen molar-refractivity contribution in [2.75, 3.05) is 0 Å². The molecule has 70 valence electrons. The summed E-state index contributed by atoms with van der Waals surface area (Å²) < 4.78 is 0. The first kappa shape index (κ1) is 8.52. The summed E-state index contributed by atoms with van der Waals surface area (Å²) in [6.45, 7) is 4.46. The number of hydrogen-bond acceptors (Lipinski definition) is 2. The zero-order valence-corrected chi connectivity index (χ0v) is 8.05. The molecule has 0 amide bonds. The lowest BCUT2D eigenvalue weighted by Gasteiger charge is -2.39. The summed E-state index contributed by atoms with van der Waals surface area (Å²) in [5, 5.41) is 0. The van der Waals surface area contributed by atoms with E-state index in [1.807, 2.05) is 0 Å². The van der Waals surface area contributed by atoms with Gasteiger partial charge in [-0.2, -0.15) is 0 Å². The third-order valence-electron chi connectivity index (χ3n) is 4.04. The van der Waals surface area contributed by atoms with Gasteiger partial charge in [-0.05, 0) is 43.4 Å². The number of nitrogens with two attached hydrogens (primary N) is 1. The Bertz CT molecular complexity index is 181. The highest BCUT2D eigenvalue weighted by Crippen LogP contribution is 2.54. The van der Waals surface area contributed by atoms with Crippen molar-refractivity contribution in [2.24, 2.45) is 23.7 Å². The van der Waals surface area contributed by atoms with Gasteiger partial charge in [-0.1, -0.05) is 13.8 Å². The second-order valence-electron chi connectivity index (χ2n) is 4.81. The summed E-state index contributed by atoms with van der Waals surface area (Å²) in [5.74, 6) is 7.67. The van der Waals surface area contributed by atoms with E-state index >= 15 is 0 Å². The summed E-state index contributed by atoms with van der Waals surface area (Å²) in [5.41, 5.74) is 0.0307. The Hall–Kier alpha value is -0.0800.